The number of hydrogen-bond donors (Lipinski definition) is 1. The van der Waals surface area contributed by atoms with Crippen LogP contribution in [0.25, 0.3) is 0 Å². The Morgan fingerprint density at radius 1 is 1.00 bits per heavy atom. The first-order valence-corrected chi connectivity index (χ1v) is 5.87. The molecule has 2 N–H and O–H groups in total. The summed E-state index contributed by atoms with van der Waals surface area (Å²) in [4.78, 5) is 6.65. The molecule has 0 saturated carbocycles. The summed E-state index contributed by atoms with van der Waals surface area (Å²) in [5.41, 5.74) is 8.57. The van der Waals surface area contributed by atoms with Crippen LogP contribution in [0.4, 0.5) is 11.6 Å². The normalized spacial score (nSPS) is 13.7. The fraction of sp³-hybridized carbons (Fsp3) is 0.214. The van der Waals surface area contributed by atoms with Gasteiger partial charge in [-0.3, -0.25) is 0 Å². The molecule has 0 bridgehead atoms. The molecule has 3 rings (SSSR count). The molecular formula is C14H16ClN3. The molecule has 1 aromatic carbocycles. The Morgan fingerprint density at radius 3 is 2.56 bits per heavy atom. The largest absolute Gasteiger partial charge is 0.384 e. The van der Waals surface area contributed by atoms with Crippen molar-refractivity contribution >= 4 is 24.0 Å². The van der Waals surface area contributed by atoms with Crippen LogP contribution in [0.3, 0.4) is 0 Å². The summed E-state index contributed by atoms with van der Waals surface area (Å²) in [6, 6.07) is 14.4. The summed E-state index contributed by atoms with van der Waals surface area (Å²) in [6.45, 7) is 1.93. The van der Waals surface area contributed by atoms with Gasteiger partial charge in [-0.2, -0.15) is 0 Å². The van der Waals surface area contributed by atoms with E-state index in [0.717, 1.165) is 25.3 Å². The smallest absolute Gasteiger partial charge is 0.131 e. The van der Waals surface area contributed by atoms with E-state index in [1.54, 1.807) is 0 Å². The van der Waals surface area contributed by atoms with Crippen LogP contribution in [0.2, 0.25) is 0 Å². The van der Waals surface area contributed by atoms with Crippen molar-refractivity contribution < 1.29 is 0 Å². The molecule has 0 amide bonds. The second kappa shape index (κ2) is 5.27. The molecule has 0 spiro atoms. The number of pyridine rings is 1. The number of fused-ring (bicyclic) bond motifs is 1. The van der Waals surface area contributed by atoms with E-state index in [9.17, 15) is 0 Å². The third kappa shape index (κ3) is 2.41. The van der Waals surface area contributed by atoms with Crippen molar-refractivity contribution in [3.63, 3.8) is 0 Å². The van der Waals surface area contributed by atoms with Crippen molar-refractivity contribution in [3.05, 3.63) is 53.6 Å². The van der Waals surface area contributed by atoms with E-state index in [1.807, 2.05) is 18.2 Å². The molecule has 0 aliphatic carbocycles. The van der Waals surface area contributed by atoms with Crippen molar-refractivity contribution in [2.24, 2.45) is 0 Å². The van der Waals surface area contributed by atoms with Gasteiger partial charge in [0.1, 0.15) is 11.6 Å². The summed E-state index contributed by atoms with van der Waals surface area (Å²) in [7, 11) is 0. The molecule has 18 heavy (non-hydrogen) atoms. The minimum Gasteiger partial charge on any atom is -0.384 e. The SMILES string of the molecule is Cl.Nc1cccc(N2CCc3ccccc3C2)n1. The van der Waals surface area contributed by atoms with Crippen molar-refractivity contribution in [3.8, 4) is 0 Å². The van der Waals surface area contributed by atoms with Gasteiger partial charge in [0.25, 0.3) is 0 Å². The molecule has 2 heterocycles. The van der Waals surface area contributed by atoms with Gasteiger partial charge in [0.2, 0.25) is 0 Å². The maximum Gasteiger partial charge on any atom is 0.131 e. The molecule has 0 radical (unpaired) electrons. The van der Waals surface area contributed by atoms with E-state index in [1.165, 1.54) is 11.1 Å². The minimum absolute atomic E-state index is 0. The summed E-state index contributed by atoms with van der Waals surface area (Å²) in [5.74, 6) is 1.56. The zero-order valence-electron chi connectivity index (χ0n) is 10.0. The molecule has 0 saturated heterocycles. The highest BCUT2D eigenvalue weighted by Crippen LogP contribution is 2.23. The number of aromatic nitrogens is 1. The Bertz CT molecular complexity index is 542. The van der Waals surface area contributed by atoms with E-state index in [2.05, 4.69) is 34.1 Å². The van der Waals surface area contributed by atoms with Gasteiger partial charge in [0.15, 0.2) is 0 Å². The van der Waals surface area contributed by atoms with E-state index in [4.69, 9.17) is 5.73 Å². The lowest BCUT2D eigenvalue weighted by Gasteiger charge is -2.29. The minimum atomic E-state index is 0. The monoisotopic (exact) mass is 261 g/mol. The molecule has 1 aromatic heterocycles. The van der Waals surface area contributed by atoms with Gasteiger partial charge >= 0.3 is 0 Å². The average molecular weight is 262 g/mol. The first-order valence-electron chi connectivity index (χ1n) is 5.87. The number of hydrogen-bond acceptors (Lipinski definition) is 3. The fourth-order valence-corrected chi connectivity index (χ4v) is 2.31. The predicted molar refractivity (Wildman–Crippen MR) is 77.1 cm³/mol. The lowest BCUT2D eigenvalue weighted by Crippen LogP contribution is -2.31. The number of nitrogens with zero attached hydrogens (tertiary/aromatic N) is 2. The Morgan fingerprint density at radius 2 is 1.78 bits per heavy atom. The topological polar surface area (TPSA) is 42.1 Å². The highest BCUT2D eigenvalue weighted by molar-refractivity contribution is 5.85. The van der Waals surface area contributed by atoms with Crippen molar-refractivity contribution in [1.29, 1.82) is 0 Å². The second-order valence-electron chi connectivity index (χ2n) is 4.36. The van der Waals surface area contributed by atoms with Crippen molar-refractivity contribution in [2.45, 2.75) is 13.0 Å². The maximum atomic E-state index is 5.72. The number of benzene rings is 1. The molecule has 94 valence electrons. The number of anilines is 2. The first kappa shape index (κ1) is 12.7. The molecular weight excluding hydrogens is 246 g/mol. The quantitative estimate of drug-likeness (QED) is 0.858. The van der Waals surface area contributed by atoms with E-state index in [0.29, 0.717) is 5.82 Å². The predicted octanol–water partition coefficient (Wildman–Crippen LogP) is 2.65. The number of rotatable bonds is 1. The van der Waals surface area contributed by atoms with Gasteiger partial charge in [-0.25, -0.2) is 4.98 Å². The van der Waals surface area contributed by atoms with Gasteiger partial charge in [0, 0.05) is 13.1 Å². The Kier molecular flexibility index (Phi) is 3.72. The lowest BCUT2D eigenvalue weighted by molar-refractivity contribution is 0.721. The maximum absolute atomic E-state index is 5.72. The number of nitrogens with two attached hydrogens (primary N) is 1. The summed E-state index contributed by atoms with van der Waals surface area (Å²) < 4.78 is 0. The zero-order valence-corrected chi connectivity index (χ0v) is 10.9. The Labute approximate surface area is 113 Å². The van der Waals surface area contributed by atoms with Crippen LogP contribution in [0.15, 0.2) is 42.5 Å². The second-order valence-corrected chi connectivity index (χ2v) is 4.36. The van der Waals surface area contributed by atoms with Gasteiger partial charge < -0.3 is 10.6 Å². The summed E-state index contributed by atoms with van der Waals surface area (Å²) >= 11 is 0. The Hall–Kier alpha value is -1.74. The molecule has 3 nitrogen and oxygen atoms in total. The zero-order chi connectivity index (χ0) is 11.7. The summed E-state index contributed by atoms with van der Waals surface area (Å²) in [6.07, 6.45) is 1.08. The van der Waals surface area contributed by atoms with Gasteiger partial charge in [0.05, 0.1) is 0 Å². The highest BCUT2D eigenvalue weighted by atomic mass is 35.5. The van der Waals surface area contributed by atoms with Crippen molar-refractivity contribution in [1.82, 2.24) is 4.98 Å². The number of nitrogen functional groups attached to an aromatic ring is 1. The molecule has 1 aliphatic rings. The third-order valence-corrected chi connectivity index (χ3v) is 3.21. The molecule has 0 fully saturated rings. The van der Waals surface area contributed by atoms with E-state index < -0.39 is 0 Å². The number of halogens is 1. The first-order chi connectivity index (χ1) is 8.33. The van der Waals surface area contributed by atoms with Crippen LogP contribution in [0.1, 0.15) is 11.1 Å². The van der Waals surface area contributed by atoms with Crippen LogP contribution >= 0.6 is 12.4 Å². The fourth-order valence-electron chi connectivity index (χ4n) is 2.31. The average Bonchev–Trinajstić information content (AvgIpc) is 2.38. The molecule has 4 heteroatoms. The van der Waals surface area contributed by atoms with Crippen LogP contribution in [-0.2, 0) is 13.0 Å². The van der Waals surface area contributed by atoms with E-state index >= 15 is 0 Å². The van der Waals surface area contributed by atoms with Gasteiger partial charge in [-0.1, -0.05) is 30.3 Å². The van der Waals surface area contributed by atoms with Gasteiger partial charge in [-0.05, 0) is 29.7 Å². The molecule has 2 aromatic rings. The molecule has 1 aliphatic heterocycles. The van der Waals surface area contributed by atoms with Crippen LogP contribution in [-0.4, -0.2) is 11.5 Å². The Balaban J connectivity index is 0.00000120. The van der Waals surface area contributed by atoms with Crippen molar-refractivity contribution in [2.75, 3.05) is 17.2 Å². The van der Waals surface area contributed by atoms with Crippen LogP contribution in [0, 0.1) is 0 Å². The lowest BCUT2D eigenvalue weighted by atomic mass is 10.00. The van der Waals surface area contributed by atoms with E-state index in [-0.39, 0.29) is 12.4 Å². The summed E-state index contributed by atoms with van der Waals surface area (Å²) in [5, 5.41) is 0. The highest BCUT2D eigenvalue weighted by Gasteiger charge is 2.16. The third-order valence-electron chi connectivity index (χ3n) is 3.21. The standard InChI is InChI=1S/C14H15N3.ClH/c15-13-6-3-7-14(16-13)17-9-8-11-4-1-2-5-12(11)10-17;/h1-7H,8-10H2,(H2,15,16);1H. The van der Waals surface area contributed by atoms with Crippen LogP contribution in [0.5, 0.6) is 0 Å². The van der Waals surface area contributed by atoms with Crippen LogP contribution < -0.4 is 10.6 Å². The van der Waals surface area contributed by atoms with Gasteiger partial charge in [-0.15, -0.1) is 12.4 Å². The molecule has 0 atom stereocenters. The molecule has 0 unspecified atom stereocenters.